The summed E-state index contributed by atoms with van der Waals surface area (Å²) in [6.07, 6.45) is -7.00. The van der Waals surface area contributed by atoms with Crippen LogP contribution >= 0.6 is 0 Å². The Kier molecular flexibility index (Phi) is 5.87. The van der Waals surface area contributed by atoms with Crippen molar-refractivity contribution < 1.29 is 45.5 Å². The maximum Gasteiger partial charge on any atom is 0.471 e. The lowest BCUT2D eigenvalue weighted by molar-refractivity contribution is -0.193. The van der Waals surface area contributed by atoms with Crippen LogP contribution in [0.4, 0.5) is 31.1 Å². The SMILES string of the molecule is CC(C)(C)OC(=O)N1CC(F)(F)CC1C(=O)N1CC2(CC2)N(C(=O)C(F)(F)F)C[C@@H]1CF. The zero-order chi connectivity index (χ0) is 24.3. The zero-order valence-electron chi connectivity index (χ0n) is 17.8. The molecule has 2 atom stereocenters. The van der Waals surface area contributed by atoms with Crippen molar-refractivity contribution in [3.63, 3.8) is 0 Å². The standard InChI is InChI=1S/C19H25F6N3O4/c1-16(2,3)32-15(31)27-10-18(21,22)6-12(27)13(29)26-9-17(4-5-17)28(8-11(26)7-20)14(30)19(23,24)25/h11-12H,4-10H2,1-3H3/t11-,12?/m0/s1. The number of alkyl halides is 6. The first-order valence-corrected chi connectivity index (χ1v) is 10.1. The van der Waals surface area contributed by atoms with Gasteiger partial charge in [-0.1, -0.05) is 0 Å². The summed E-state index contributed by atoms with van der Waals surface area (Å²) in [5, 5.41) is 0. The van der Waals surface area contributed by atoms with Crippen LogP contribution in [0, 0.1) is 0 Å². The quantitative estimate of drug-likeness (QED) is 0.579. The van der Waals surface area contributed by atoms with E-state index in [1.165, 1.54) is 20.8 Å². The number of carbonyl (C=O) groups is 3. The van der Waals surface area contributed by atoms with Gasteiger partial charge in [0.1, 0.15) is 18.3 Å². The van der Waals surface area contributed by atoms with Gasteiger partial charge in [-0.2, -0.15) is 13.2 Å². The number of hydrogen-bond acceptors (Lipinski definition) is 4. The highest BCUT2D eigenvalue weighted by molar-refractivity contribution is 5.88. The minimum absolute atomic E-state index is 0.161. The maximum absolute atomic E-state index is 14.1. The molecular weight excluding hydrogens is 448 g/mol. The first-order chi connectivity index (χ1) is 14.5. The third-order valence-electron chi connectivity index (χ3n) is 5.83. The van der Waals surface area contributed by atoms with Crippen LogP contribution in [0.5, 0.6) is 0 Å². The Labute approximate surface area is 180 Å². The summed E-state index contributed by atoms with van der Waals surface area (Å²) in [4.78, 5) is 39.5. The molecule has 3 rings (SSSR count). The number of halogens is 6. The lowest BCUT2D eigenvalue weighted by Gasteiger charge is -2.47. The van der Waals surface area contributed by atoms with Crippen LogP contribution < -0.4 is 0 Å². The van der Waals surface area contributed by atoms with Crippen molar-refractivity contribution in [1.82, 2.24) is 14.7 Å². The second-order valence-electron chi connectivity index (χ2n) is 9.60. The van der Waals surface area contributed by atoms with Crippen molar-refractivity contribution in [3.8, 4) is 0 Å². The molecule has 1 aliphatic carbocycles. The molecule has 3 amide bonds. The lowest BCUT2D eigenvalue weighted by atomic mass is 10.0. The van der Waals surface area contributed by atoms with Gasteiger partial charge in [-0.05, 0) is 33.6 Å². The molecule has 2 aliphatic heterocycles. The highest BCUT2D eigenvalue weighted by Gasteiger charge is 2.62. The predicted molar refractivity (Wildman–Crippen MR) is 97.5 cm³/mol. The number of nitrogens with zero attached hydrogens (tertiary/aromatic N) is 3. The average Bonchev–Trinajstić information content (AvgIpc) is 3.32. The van der Waals surface area contributed by atoms with Gasteiger partial charge < -0.3 is 14.5 Å². The van der Waals surface area contributed by atoms with Crippen LogP contribution in [0.25, 0.3) is 0 Å². The van der Waals surface area contributed by atoms with E-state index in [0.29, 0.717) is 9.80 Å². The Morgan fingerprint density at radius 1 is 1.03 bits per heavy atom. The predicted octanol–water partition coefficient (Wildman–Crippen LogP) is 2.73. The highest BCUT2D eigenvalue weighted by atomic mass is 19.4. The summed E-state index contributed by atoms with van der Waals surface area (Å²) >= 11 is 0. The van der Waals surface area contributed by atoms with Gasteiger partial charge in [0.05, 0.1) is 18.1 Å². The van der Waals surface area contributed by atoms with E-state index in [1.54, 1.807) is 0 Å². The molecule has 0 aromatic heterocycles. The van der Waals surface area contributed by atoms with Gasteiger partial charge in [0, 0.05) is 19.5 Å². The van der Waals surface area contributed by atoms with Crippen LogP contribution in [0.1, 0.15) is 40.0 Å². The fourth-order valence-electron chi connectivity index (χ4n) is 4.19. The molecule has 1 unspecified atom stereocenters. The van der Waals surface area contributed by atoms with Crippen molar-refractivity contribution in [2.75, 3.05) is 26.3 Å². The molecule has 1 saturated carbocycles. The topological polar surface area (TPSA) is 70.2 Å². The van der Waals surface area contributed by atoms with Crippen LogP contribution in [0.2, 0.25) is 0 Å². The van der Waals surface area contributed by atoms with E-state index in [9.17, 15) is 40.7 Å². The average molecular weight is 473 g/mol. The molecule has 7 nitrogen and oxygen atoms in total. The number of hydrogen-bond donors (Lipinski definition) is 0. The molecule has 1 spiro atoms. The Hall–Kier alpha value is -2.21. The summed E-state index contributed by atoms with van der Waals surface area (Å²) in [7, 11) is 0. The molecule has 0 bridgehead atoms. The lowest BCUT2D eigenvalue weighted by Crippen LogP contribution is -2.66. The van der Waals surface area contributed by atoms with Crippen LogP contribution in [0.3, 0.4) is 0 Å². The highest BCUT2D eigenvalue weighted by Crippen LogP contribution is 2.47. The third-order valence-corrected chi connectivity index (χ3v) is 5.83. The Bertz CT molecular complexity index is 793. The first kappa shape index (κ1) is 24.4. The van der Waals surface area contributed by atoms with Crippen LogP contribution in [-0.2, 0) is 14.3 Å². The first-order valence-electron chi connectivity index (χ1n) is 10.1. The zero-order valence-corrected chi connectivity index (χ0v) is 17.8. The second-order valence-corrected chi connectivity index (χ2v) is 9.60. The van der Waals surface area contributed by atoms with Crippen molar-refractivity contribution >= 4 is 17.9 Å². The molecule has 13 heteroatoms. The molecule has 2 heterocycles. The Morgan fingerprint density at radius 2 is 1.62 bits per heavy atom. The molecule has 3 fully saturated rings. The number of carbonyl (C=O) groups excluding carboxylic acids is 3. The fourth-order valence-corrected chi connectivity index (χ4v) is 4.19. The maximum atomic E-state index is 14.1. The summed E-state index contributed by atoms with van der Waals surface area (Å²) < 4.78 is 86.1. The van der Waals surface area contributed by atoms with Crippen LogP contribution in [-0.4, -0.2) is 94.2 Å². The van der Waals surface area contributed by atoms with Gasteiger partial charge in [-0.25, -0.2) is 18.0 Å². The second kappa shape index (κ2) is 7.68. The summed E-state index contributed by atoms with van der Waals surface area (Å²) in [6, 6.07) is -3.11. The van der Waals surface area contributed by atoms with Gasteiger partial charge >= 0.3 is 18.2 Å². The molecule has 0 radical (unpaired) electrons. The number of amides is 3. The molecule has 182 valence electrons. The van der Waals surface area contributed by atoms with Gasteiger partial charge in [0.2, 0.25) is 5.91 Å². The van der Waals surface area contributed by atoms with Gasteiger partial charge in [-0.15, -0.1) is 0 Å². The Morgan fingerprint density at radius 3 is 2.09 bits per heavy atom. The molecule has 0 aromatic rings. The van der Waals surface area contributed by atoms with E-state index >= 15 is 0 Å². The fraction of sp³-hybridized carbons (Fsp3) is 0.842. The smallest absolute Gasteiger partial charge is 0.444 e. The summed E-state index contributed by atoms with van der Waals surface area (Å²) in [5.74, 6) is -6.52. The van der Waals surface area contributed by atoms with Crippen molar-refractivity contribution in [2.45, 2.75) is 75.4 Å². The number of likely N-dealkylation sites (tertiary alicyclic amines) is 1. The molecule has 32 heavy (non-hydrogen) atoms. The third kappa shape index (κ3) is 4.75. The number of piperazine rings is 1. The molecular formula is C19H25F6N3O4. The van der Waals surface area contributed by atoms with Gasteiger partial charge in [0.15, 0.2) is 0 Å². The molecule has 2 saturated heterocycles. The van der Waals surface area contributed by atoms with Gasteiger partial charge in [0.25, 0.3) is 5.92 Å². The van der Waals surface area contributed by atoms with Crippen molar-refractivity contribution in [3.05, 3.63) is 0 Å². The number of rotatable bonds is 2. The summed E-state index contributed by atoms with van der Waals surface area (Å²) in [6.45, 7) is 1.06. The molecule has 0 aromatic carbocycles. The molecule has 0 N–H and O–H groups in total. The van der Waals surface area contributed by atoms with E-state index in [4.69, 9.17) is 4.74 Å². The monoisotopic (exact) mass is 473 g/mol. The van der Waals surface area contributed by atoms with E-state index < -0.39 is 86.0 Å². The van der Waals surface area contributed by atoms with Gasteiger partial charge in [-0.3, -0.25) is 14.5 Å². The minimum atomic E-state index is -5.16. The Balaban J connectivity index is 1.84. The van der Waals surface area contributed by atoms with E-state index in [-0.39, 0.29) is 12.8 Å². The van der Waals surface area contributed by atoms with Crippen LogP contribution in [0.15, 0.2) is 0 Å². The van der Waals surface area contributed by atoms with Crippen molar-refractivity contribution in [2.24, 2.45) is 0 Å². The summed E-state index contributed by atoms with van der Waals surface area (Å²) in [5.41, 5.74) is -2.34. The van der Waals surface area contributed by atoms with E-state index in [2.05, 4.69) is 0 Å². The van der Waals surface area contributed by atoms with E-state index in [0.717, 1.165) is 4.90 Å². The minimum Gasteiger partial charge on any atom is -0.444 e. The van der Waals surface area contributed by atoms with E-state index in [1.807, 2.05) is 0 Å². The largest absolute Gasteiger partial charge is 0.471 e. The van der Waals surface area contributed by atoms with Crippen molar-refractivity contribution in [1.29, 1.82) is 0 Å². The molecule has 3 aliphatic rings. The normalized spacial score (nSPS) is 27.0. The number of ether oxygens (including phenoxy) is 1.